The summed E-state index contributed by atoms with van der Waals surface area (Å²) in [7, 11) is 0. The highest BCUT2D eigenvalue weighted by Gasteiger charge is 2.11. The van der Waals surface area contributed by atoms with Crippen molar-refractivity contribution in [3.05, 3.63) is 59.9 Å². The summed E-state index contributed by atoms with van der Waals surface area (Å²) in [5.41, 5.74) is 6.81. The van der Waals surface area contributed by atoms with E-state index in [9.17, 15) is 9.50 Å². The number of hydrogen-bond acceptors (Lipinski definition) is 2. The van der Waals surface area contributed by atoms with Crippen LogP contribution in [0.25, 0.3) is 11.1 Å². The van der Waals surface area contributed by atoms with Crippen LogP contribution in [0, 0.1) is 11.2 Å². The molecule has 108 valence electrons. The second kappa shape index (κ2) is 6.17. The molecule has 5 heteroatoms. The maximum atomic E-state index is 14.2. The summed E-state index contributed by atoms with van der Waals surface area (Å²) in [6.45, 7) is 1.60. The third kappa shape index (κ3) is 3.45. The molecule has 3 N–H and O–H groups in total. The first-order valence-corrected chi connectivity index (χ1v) is 6.43. The summed E-state index contributed by atoms with van der Waals surface area (Å²) in [6.07, 6.45) is 0. The van der Waals surface area contributed by atoms with Crippen molar-refractivity contribution in [2.45, 2.75) is 12.8 Å². The number of aliphatic imine (C=N–C) groups is 1. The first-order chi connectivity index (χ1) is 9.99. The zero-order valence-corrected chi connectivity index (χ0v) is 11.5. The van der Waals surface area contributed by atoms with Crippen molar-refractivity contribution in [3.8, 4) is 11.1 Å². The van der Waals surface area contributed by atoms with Crippen molar-refractivity contribution >= 4 is 11.9 Å². The van der Waals surface area contributed by atoms with Crippen LogP contribution in [0.3, 0.4) is 0 Å². The van der Waals surface area contributed by atoms with Crippen molar-refractivity contribution < 1.29 is 9.50 Å². The number of nitrogens with two attached hydrogens (primary N) is 1. The van der Waals surface area contributed by atoms with Gasteiger partial charge in [0.2, 0.25) is 5.96 Å². The molecule has 1 atom stereocenters. The lowest BCUT2D eigenvalue weighted by Crippen LogP contribution is -2.27. The van der Waals surface area contributed by atoms with Gasteiger partial charge in [0.25, 0.3) is 0 Å². The lowest BCUT2D eigenvalue weighted by molar-refractivity contribution is -0.219. The van der Waals surface area contributed by atoms with Gasteiger partial charge in [-0.25, -0.2) is 9.38 Å². The SMILES string of the molecule is CC(/C([O-])=N/C(=N)N)c1ccc(-c2ccccc2)c(F)c1. The molecule has 0 fully saturated rings. The van der Waals surface area contributed by atoms with Crippen LogP contribution in [0.2, 0.25) is 0 Å². The Morgan fingerprint density at radius 3 is 2.48 bits per heavy atom. The molecule has 0 aliphatic heterocycles. The van der Waals surface area contributed by atoms with Crippen molar-refractivity contribution in [3.63, 3.8) is 0 Å². The summed E-state index contributed by atoms with van der Waals surface area (Å²) in [6, 6.07) is 13.8. The first-order valence-electron chi connectivity index (χ1n) is 6.43. The number of nitrogens with one attached hydrogen (secondary N) is 1. The number of hydrogen-bond donors (Lipinski definition) is 2. The van der Waals surface area contributed by atoms with Gasteiger partial charge < -0.3 is 10.8 Å². The molecule has 21 heavy (non-hydrogen) atoms. The van der Waals surface area contributed by atoms with Gasteiger partial charge in [0.15, 0.2) is 0 Å². The maximum absolute atomic E-state index is 14.2. The smallest absolute Gasteiger partial charge is 0.211 e. The number of benzene rings is 2. The predicted octanol–water partition coefficient (Wildman–Crippen LogP) is 2.25. The molecule has 0 aliphatic carbocycles. The Bertz CT molecular complexity index is 683. The van der Waals surface area contributed by atoms with Crippen LogP contribution in [0.5, 0.6) is 0 Å². The topological polar surface area (TPSA) is 85.3 Å². The average Bonchev–Trinajstić information content (AvgIpc) is 2.46. The quantitative estimate of drug-likeness (QED) is 0.669. The Labute approximate surface area is 122 Å². The molecule has 0 radical (unpaired) electrons. The molecule has 0 spiro atoms. The Morgan fingerprint density at radius 2 is 1.90 bits per heavy atom. The molecule has 1 unspecified atom stereocenters. The van der Waals surface area contributed by atoms with Gasteiger partial charge in [0.05, 0.1) is 0 Å². The highest BCUT2D eigenvalue weighted by Crippen LogP contribution is 2.26. The van der Waals surface area contributed by atoms with Gasteiger partial charge in [-0.3, -0.25) is 5.41 Å². The molecule has 0 saturated carbocycles. The molecule has 0 saturated heterocycles. The van der Waals surface area contributed by atoms with Crippen LogP contribution < -0.4 is 10.8 Å². The molecule has 0 heterocycles. The van der Waals surface area contributed by atoms with E-state index in [0.717, 1.165) is 5.56 Å². The number of halogens is 1. The van der Waals surface area contributed by atoms with Crippen LogP contribution in [-0.4, -0.2) is 11.9 Å². The number of rotatable bonds is 3. The predicted molar refractivity (Wildman–Crippen MR) is 79.6 cm³/mol. The van der Waals surface area contributed by atoms with Crippen LogP contribution in [0.15, 0.2) is 53.5 Å². The lowest BCUT2D eigenvalue weighted by Gasteiger charge is -2.19. The third-order valence-corrected chi connectivity index (χ3v) is 3.18. The summed E-state index contributed by atoms with van der Waals surface area (Å²) < 4.78 is 14.2. The van der Waals surface area contributed by atoms with Crippen molar-refractivity contribution in [1.82, 2.24) is 0 Å². The second-order valence-electron chi connectivity index (χ2n) is 4.66. The molecule has 0 bridgehead atoms. The standard InChI is InChI=1S/C16H16FN3O/c1-10(15(21)20-16(18)19)12-7-8-13(14(17)9-12)11-5-3-2-4-6-11/h2-10H,1H3,(H4,18,19,20,21)/p-1. The Balaban J connectivity index is 2.34. The monoisotopic (exact) mass is 284 g/mol. The fourth-order valence-electron chi connectivity index (χ4n) is 2.01. The fourth-order valence-corrected chi connectivity index (χ4v) is 2.01. The molecular weight excluding hydrogens is 269 g/mol. The van der Waals surface area contributed by atoms with Gasteiger partial charge in [-0.05, 0) is 23.1 Å². The zero-order chi connectivity index (χ0) is 15.4. The Hall–Kier alpha value is -2.69. The maximum Gasteiger partial charge on any atom is 0.211 e. The molecule has 2 rings (SSSR count). The van der Waals surface area contributed by atoms with Gasteiger partial charge in [0.1, 0.15) is 5.82 Å². The van der Waals surface area contributed by atoms with Crippen LogP contribution in [0.4, 0.5) is 4.39 Å². The molecule has 0 amide bonds. The molecule has 2 aromatic carbocycles. The van der Waals surface area contributed by atoms with Crippen LogP contribution in [-0.2, 0) is 0 Å². The van der Waals surface area contributed by atoms with Crippen LogP contribution >= 0.6 is 0 Å². The van der Waals surface area contributed by atoms with E-state index in [1.54, 1.807) is 19.1 Å². The molecule has 0 aromatic heterocycles. The van der Waals surface area contributed by atoms with Gasteiger partial charge in [-0.15, -0.1) is 0 Å². The molecule has 4 nitrogen and oxygen atoms in total. The van der Waals surface area contributed by atoms with Gasteiger partial charge >= 0.3 is 0 Å². The van der Waals surface area contributed by atoms with E-state index in [0.29, 0.717) is 11.1 Å². The van der Waals surface area contributed by atoms with Gasteiger partial charge in [-0.1, -0.05) is 49.4 Å². The van der Waals surface area contributed by atoms with E-state index in [1.165, 1.54) is 6.07 Å². The van der Waals surface area contributed by atoms with Crippen LogP contribution in [0.1, 0.15) is 18.4 Å². The second-order valence-corrected chi connectivity index (χ2v) is 4.66. The van der Waals surface area contributed by atoms with Gasteiger partial charge in [-0.2, -0.15) is 0 Å². The van der Waals surface area contributed by atoms with Crippen molar-refractivity contribution in [2.24, 2.45) is 10.7 Å². The summed E-state index contributed by atoms with van der Waals surface area (Å²) >= 11 is 0. The fraction of sp³-hybridized carbons (Fsp3) is 0.125. The minimum absolute atomic E-state index is 0.402. The van der Waals surface area contributed by atoms with E-state index < -0.39 is 23.6 Å². The van der Waals surface area contributed by atoms with Crippen molar-refractivity contribution in [2.75, 3.05) is 0 Å². The molecule has 0 aliphatic rings. The third-order valence-electron chi connectivity index (χ3n) is 3.18. The minimum Gasteiger partial charge on any atom is -0.861 e. The summed E-state index contributed by atoms with van der Waals surface area (Å²) in [5, 5.41) is 18.7. The Kier molecular flexibility index (Phi) is 4.33. The van der Waals surface area contributed by atoms with E-state index in [1.807, 2.05) is 30.3 Å². The van der Waals surface area contributed by atoms with Crippen molar-refractivity contribution in [1.29, 1.82) is 5.41 Å². The Morgan fingerprint density at radius 1 is 1.24 bits per heavy atom. The zero-order valence-electron chi connectivity index (χ0n) is 11.5. The molecule has 2 aromatic rings. The highest BCUT2D eigenvalue weighted by molar-refractivity contribution is 5.92. The lowest BCUT2D eigenvalue weighted by atomic mass is 9.97. The van der Waals surface area contributed by atoms with Gasteiger partial charge in [0, 0.05) is 11.5 Å². The minimum atomic E-state index is -0.645. The normalized spacial score (nSPS) is 13.0. The molecular formula is C16H15FN3O-. The van der Waals surface area contributed by atoms with E-state index >= 15 is 0 Å². The number of guanidine groups is 1. The summed E-state index contributed by atoms with van der Waals surface area (Å²) in [4.78, 5) is 3.36. The highest BCUT2D eigenvalue weighted by atomic mass is 19.1. The largest absolute Gasteiger partial charge is 0.861 e. The average molecular weight is 284 g/mol. The van der Waals surface area contributed by atoms with E-state index in [-0.39, 0.29) is 0 Å². The van der Waals surface area contributed by atoms with E-state index in [4.69, 9.17) is 11.1 Å². The summed E-state index contributed by atoms with van der Waals surface area (Å²) in [5.74, 6) is -2.16. The van der Waals surface area contributed by atoms with E-state index in [2.05, 4.69) is 4.99 Å². The number of nitrogens with zero attached hydrogens (tertiary/aromatic N) is 1. The first kappa shape index (κ1) is 14.7.